The summed E-state index contributed by atoms with van der Waals surface area (Å²) in [5.74, 6) is -2.56. The van der Waals surface area contributed by atoms with Crippen molar-refractivity contribution < 1.29 is 26.8 Å². The van der Waals surface area contributed by atoms with Crippen LogP contribution in [0.5, 0.6) is 0 Å². The van der Waals surface area contributed by atoms with Crippen LogP contribution in [0, 0.1) is 23.5 Å². The lowest BCUT2D eigenvalue weighted by molar-refractivity contribution is -0.145. The van der Waals surface area contributed by atoms with E-state index in [0.29, 0.717) is 38.6 Å². The molecule has 1 aromatic rings. The third kappa shape index (κ3) is 5.64. The Morgan fingerprint density at radius 3 is 2.49 bits per heavy atom. The number of amides is 2. The highest BCUT2D eigenvalue weighted by molar-refractivity contribution is 7.88. The van der Waals surface area contributed by atoms with E-state index >= 15 is 0 Å². The normalized spacial score (nSPS) is 26.5. The van der Waals surface area contributed by atoms with Gasteiger partial charge in [-0.05, 0) is 63.0 Å². The molecule has 3 fully saturated rings. The zero-order valence-electron chi connectivity index (χ0n) is 20.0. The van der Waals surface area contributed by atoms with Crippen LogP contribution in [0.1, 0.15) is 63.5 Å². The number of halogens is 3. The number of piperidine rings is 1. The minimum Gasteiger partial charge on any atom is -0.347 e. The lowest BCUT2D eigenvalue weighted by Gasteiger charge is -2.37. The van der Waals surface area contributed by atoms with Gasteiger partial charge in [-0.2, -0.15) is 0 Å². The molecule has 4 rings (SSSR count). The van der Waals surface area contributed by atoms with Gasteiger partial charge in [0, 0.05) is 24.7 Å². The summed E-state index contributed by atoms with van der Waals surface area (Å²) in [6.07, 6.45) is 5.63. The lowest BCUT2D eigenvalue weighted by atomic mass is 9.96. The molecule has 1 saturated carbocycles. The Labute approximate surface area is 210 Å². The molecule has 0 aromatic heterocycles. The van der Waals surface area contributed by atoms with Gasteiger partial charge >= 0.3 is 0 Å². The van der Waals surface area contributed by atoms with Crippen molar-refractivity contribution in [2.75, 3.05) is 19.3 Å². The standard InChI is InChI=1S/C24H32ClF2N3O4S/c1-3-16-8-9-21(30(16)24(32)15-5-4-10-29(13-15)35(2,33)34)23(31)28-22(14-6-7-14)17-11-20(27)18(25)12-19(17)26/h11-12,14-16,21-22H,3-10,13H2,1-2H3,(H,28,31)/t15-,16+,21+,22?/m0/s1. The molecular formula is C24H32ClF2N3O4S. The SMILES string of the molecule is CC[C@@H]1CC[C@H](C(=O)NC(c2cc(F)c(Cl)cc2F)C2CC2)N1C(=O)[C@H]1CCCN(S(C)(=O)=O)C1. The molecule has 1 unspecified atom stereocenters. The largest absolute Gasteiger partial charge is 0.347 e. The summed E-state index contributed by atoms with van der Waals surface area (Å²) < 4.78 is 54.2. The quantitative estimate of drug-likeness (QED) is 0.544. The van der Waals surface area contributed by atoms with Gasteiger partial charge in [0.1, 0.15) is 17.7 Å². The number of likely N-dealkylation sites (tertiary alicyclic amines) is 1. The number of carbonyl (C=O) groups excluding carboxylic acids is 2. The predicted octanol–water partition coefficient (Wildman–Crippen LogP) is 3.63. The van der Waals surface area contributed by atoms with Crippen molar-refractivity contribution in [2.45, 2.75) is 70.0 Å². The van der Waals surface area contributed by atoms with E-state index in [4.69, 9.17) is 11.6 Å². The van der Waals surface area contributed by atoms with E-state index in [9.17, 15) is 26.8 Å². The number of hydrogen-bond acceptors (Lipinski definition) is 4. The summed E-state index contributed by atoms with van der Waals surface area (Å²) in [6.45, 7) is 2.45. The number of hydrogen-bond donors (Lipinski definition) is 1. The van der Waals surface area contributed by atoms with E-state index in [1.807, 2.05) is 6.92 Å². The minimum atomic E-state index is -3.42. The zero-order valence-corrected chi connectivity index (χ0v) is 21.5. The van der Waals surface area contributed by atoms with E-state index in [2.05, 4.69) is 5.32 Å². The Kier molecular flexibility index (Phi) is 7.74. The molecule has 7 nitrogen and oxygen atoms in total. The van der Waals surface area contributed by atoms with Crippen molar-refractivity contribution in [3.63, 3.8) is 0 Å². The third-order valence-electron chi connectivity index (χ3n) is 7.50. The molecule has 3 aliphatic rings. The van der Waals surface area contributed by atoms with Gasteiger partial charge in [0.05, 0.1) is 23.2 Å². The summed E-state index contributed by atoms with van der Waals surface area (Å²) >= 11 is 5.71. The van der Waals surface area contributed by atoms with Crippen molar-refractivity contribution in [1.82, 2.24) is 14.5 Å². The zero-order chi connectivity index (χ0) is 25.5. The first-order chi connectivity index (χ1) is 16.5. The second-order valence-electron chi connectivity index (χ2n) is 9.97. The first-order valence-electron chi connectivity index (χ1n) is 12.2. The summed E-state index contributed by atoms with van der Waals surface area (Å²) in [4.78, 5) is 28.7. The Bertz CT molecular complexity index is 1100. The molecule has 1 N–H and O–H groups in total. The number of rotatable bonds is 7. The molecule has 194 valence electrons. The van der Waals surface area contributed by atoms with Crippen LogP contribution in [-0.4, -0.2) is 60.9 Å². The van der Waals surface area contributed by atoms with Gasteiger partial charge in [0.15, 0.2) is 0 Å². The maximum Gasteiger partial charge on any atom is 0.243 e. The second kappa shape index (κ2) is 10.3. The highest BCUT2D eigenvalue weighted by Crippen LogP contribution is 2.43. The first kappa shape index (κ1) is 26.3. The molecule has 4 atom stereocenters. The van der Waals surface area contributed by atoms with Gasteiger partial charge in [0.2, 0.25) is 21.8 Å². The van der Waals surface area contributed by atoms with Crippen LogP contribution < -0.4 is 5.32 Å². The Balaban J connectivity index is 1.54. The fourth-order valence-corrected chi connectivity index (χ4v) is 6.50. The molecule has 0 radical (unpaired) electrons. The van der Waals surface area contributed by atoms with Crippen LogP contribution in [0.2, 0.25) is 5.02 Å². The highest BCUT2D eigenvalue weighted by atomic mass is 35.5. The summed E-state index contributed by atoms with van der Waals surface area (Å²) in [6, 6.07) is 0.388. The van der Waals surface area contributed by atoms with Crippen molar-refractivity contribution in [1.29, 1.82) is 0 Å². The molecular weight excluding hydrogens is 500 g/mol. The number of nitrogens with zero attached hydrogens (tertiary/aromatic N) is 2. The van der Waals surface area contributed by atoms with E-state index < -0.39 is 45.6 Å². The van der Waals surface area contributed by atoms with Gasteiger partial charge in [-0.3, -0.25) is 9.59 Å². The molecule has 2 amide bonds. The number of nitrogens with one attached hydrogen (secondary N) is 1. The van der Waals surface area contributed by atoms with Gasteiger partial charge in [0.25, 0.3) is 0 Å². The average molecular weight is 532 g/mol. The van der Waals surface area contributed by atoms with Crippen molar-refractivity contribution in [3.05, 3.63) is 34.4 Å². The average Bonchev–Trinajstić information content (AvgIpc) is 3.56. The molecule has 2 aliphatic heterocycles. The molecule has 0 bridgehead atoms. The molecule has 1 aliphatic carbocycles. The highest BCUT2D eigenvalue weighted by Gasteiger charge is 2.45. The minimum absolute atomic E-state index is 0.0109. The van der Waals surface area contributed by atoms with Crippen molar-refractivity contribution in [2.24, 2.45) is 11.8 Å². The van der Waals surface area contributed by atoms with Crippen LogP contribution >= 0.6 is 11.6 Å². The predicted molar refractivity (Wildman–Crippen MR) is 128 cm³/mol. The molecule has 1 aromatic carbocycles. The van der Waals surface area contributed by atoms with Crippen molar-refractivity contribution in [3.8, 4) is 0 Å². The van der Waals surface area contributed by atoms with Crippen LogP contribution in [0.15, 0.2) is 12.1 Å². The number of benzene rings is 1. The van der Waals surface area contributed by atoms with Crippen LogP contribution in [0.3, 0.4) is 0 Å². The molecule has 0 spiro atoms. The number of sulfonamides is 1. The monoisotopic (exact) mass is 531 g/mol. The van der Waals surface area contributed by atoms with E-state index in [-0.39, 0.29) is 35.0 Å². The van der Waals surface area contributed by atoms with Crippen LogP contribution in [0.4, 0.5) is 8.78 Å². The molecule has 2 heterocycles. The van der Waals surface area contributed by atoms with Gasteiger partial charge < -0.3 is 10.2 Å². The molecule has 35 heavy (non-hydrogen) atoms. The lowest BCUT2D eigenvalue weighted by Crippen LogP contribution is -2.54. The van der Waals surface area contributed by atoms with Gasteiger partial charge in [-0.1, -0.05) is 18.5 Å². The molecule has 2 saturated heterocycles. The first-order valence-corrected chi connectivity index (χ1v) is 14.5. The maximum atomic E-state index is 14.7. The fourth-order valence-electron chi connectivity index (χ4n) is 5.44. The van der Waals surface area contributed by atoms with Crippen LogP contribution in [-0.2, 0) is 19.6 Å². The third-order valence-corrected chi connectivity index (χ3v) is 9.06. The van der Waals surface area contributed by atoms with E-state index in [1.165, 1.54) is 4.31 Å². The maximum absolute atomic E-state index is 14.7. The second-order valence-corrected chi connectivity index (χ2v) is 12.4. The summed E-state index contributed by atoms with van der Waals surface area (Å²) in [5, 5.41) is 2.58. The number of carbonyl (C=O) groups is 2. The van der Waals surface area contributed by atoms with Gasteiger partial charge in [-0.25, -0.2) is 21.5 Å². The van der Waals surface area contributed by atoms with Crippen LogP contribution in [0.25, 0.3) is 0 Å². The van der Waals surface area contributed by atoms with Crippen molar-refractivity contribution >= 4 is 33.4 Å². The van der Waals surface area contributed by atoms with E-state index in [0.717, 1.165) is 31.2 Å². The Morgan fingerprint density at radius 2 is 1.86 bits per heavy atom. The topological polar surface area (TPSA) is 86.8 Å². The fraction of sp³-hybridized carbons (Fsp3) is 0.667. The smallest absolute Gasteiger partial charge is 0.243 e. The van der Waals surface area contributed by atoms with Gasteiger partial charge in [-0.15, -0.1) is 0 Å². The Morgan fingerprint density at radius 1 is 1.14 bits per heavy atom. The summed E-state index contributed by atoms with van der Waals surface area (Å²) in [5.41, 5.74) is 0.0572. The summed E-state index contributed by atoms with van der Waals surface area (Å²) in [7, 11) is -3.42. The molecule has 11 heteroatoms. The Hall–Kier alpha value is -1.78. The van der Waals surface area contributed by atoms with E-state index in [1.54, 1.807) is 4.90 Å².